The predicted molar refractivity (Wildman–Crippen MR) is 63.3 cm³/mol. The van der Waals surface area contributed by atoms with Crippen LogP contribution < -0.4 is 0 Å². The Balaban J connectivity index is 1.85. The van der Waals surface area contributed by atoms with Crippen molar-refractivity contribution in [3.8, 4) is 0 Å². The van der Waals surface area contributed by atoms with Crippen molar-refractivity contribution in [1.82, 2.24) is 4.90 Å². The second kappa shape index (κ2) is 5.00. The van der Waals surface area contributed by atoms with Crippen LogP contribution in [-0.2, 0) is 4.79 Å². The highest BCUT2D eigenvalue weighted by Gasteiger charge is 2.32. The van der Waals surface area contributed by atoms with E-state index in [9.17, 15) is 4.79 Å². The first-order valence-corrected chi connectivity index (χ1v) is 6.37. The molecule has 3 heteroatoms. The summed E-state index contributed by atoms with van der Waals surface area (Å²) in [6.45, 7) is 3.91. The maximum Gasteiger partial charge on any atom is 0.331 e. The van der Waals surface area contributed by atoms with Crippen molar-refractivity contribution in [2.75, 3.05) is 13.1 Å². The lowest BCUT2D eigenvalue weighted by atomic mass is 10.2. The molecule has 90 valence electrons. The Morgan fingerprint density at radius 1 is 1.38 bits per heavy atom. The zero-order valence-electron chi connectivity index (χ0n) is 9.98. The highest BCUT2D eigenvalue weighted by Crippen LogP contribution is 2.34. The highest BCUT2D eigenvalue weighted by atomic mass is 16.4. The minimum absolute atomic E-state index is 0.557. The molecule has 16 heavy (non-hydrogen) atoms. The summed E-state index contributed by atoms with van der Waals surface area (Å²) in [7, 11) is 0. The van der Waals surface area contributed by atoms with E-state index in [1.165, 1.54) is 32.2 Å². The first-order valence-electron chi connectivity index (χ1n) is 6.37. The van der Waals surface area contributed by atoms with Gasteiger partial charge in [0.2, 0.25) is 0 Å². The number of nitrogens with zero attached hydrogens (tertiary/aromatic N) is 1. The third-order valence-corrected chi connectivity index (χ3v) is 3.48. The van der Waals surface area contributed by atoms with Crippen molar-refractivity contribution in [3.05, 3.63) is 11.6 Å². The van der Waals surface area contributed by atoms with Gasteiger partial charge in [0.25, 0.3) is 0 Å². The van der Waals surface area contributed by atoms with Crippen molar-refractivity contribution in [2.45, 2.75) is 45.1 Å². The Kier molecular flexibility index (Phi) is 3.64. The van der Waals surface area contributed by atoms with Crippen LogP contribution in [0.3, 0.4) is 0 Å². The monoisotopic (exact) mass is 223 g/mol. The third kappa shape index (κ3) is 3.34. The third-order valence-electron chi connectivity index (χ3n) is 3.48. The van der Waals surface area contributed by atoms with E-state index in [0.29, 0.717) is 12.0 Å². The smallest absolute Gasteiger partial charge is 0.331 e. The molecule has 0 saturated heterocycles. The van der Waals surface area contributed by atoms with E-state index < -0.39 is 5.97 Å². The standard InChI is InChI=1S/C13H21NO2/c1-2-11(13(15)16)7-8-14(12-5-6-12)9-10-3-4-10/h7,10,12H,2-6,8-9H2,1H3,(H,15,16). The topological polar surface area (TPSA) is 40.5 Å². The van der Waals surface area contributed by atoms with E-state index in [0.717, 1.165) is 18.5 Å². The molecule has 1 N–H and O–H groups in total. The molecule has 0 aromatic rings. The molecule has 3 nitrogen and oxygen atoms in total. The van der Waals surface area contributed by atoms with Crippen LogP contribution in [0.25, 0.3) is 0 Å². The minimum Gasteiger partial charge on any atom is -0.478 e. The maximum atomic E-state index is 10.9. The highest BCUT2D eigenvalue weighted by molar-refractivity contribution is 5.86. The van der Waals surface area contributed by atoms with Crippen LogP contribution in [0.15, 0.2) is 11.6 Å². The zero-order valence-corrected chi connectivity index (χ0v) is 9.98. The number of aliphatic carboxylic acids is 1. The molecule has 0 heterocycles. The van der Waals surface area contributed by atoms with Crippen LogP contribution in [0, 0.1) is 5.92 Å². The lowest BCUT2D eigenvalue weighted by molar-refractivity contribution is -0.132. The molecule has 0 unspecified atom stereocenters. The van der Waals surface area contributed by atoms with E-state index in [4.69, 9.17) is 5.11 Å². The van der Waals surface area contributed by atoms with Gasteiger partial charge in [-0.1, -0.05) is 13.0 Å². The van der Waals surface area contributed by atoms with Crippen LogP contribution in [0.4, 0.5) is 0 Å². The van der Waals surface area contributed by atoms with Crippen LogP contribution in [-0.4, -0.2) is 35.1 Å². The van der Waals surface area contributed by atoms with E-state index in [1.54, 1.807) is 0 Å². The van der Waals surface area contributed by atoms with Gasteiger partial charge in [0, 0.05) is 24.7 Å². The lowest BCUT2D eigenvalue weighted by Crippen LogP contribution is -2.28. The summed E-state index contributed by atoms with van der Waals surface area (Å²) >= 11 is 0. The molecule has 2 aliphatic carbocycles. The Hall–Kier alpha value is -0.830. The average molecular weight is 223 g/mol. The van der Waals surface area contributed by atoms with Gasteiger partial charge < -0.3 is 5.11 Å². The molecule has 2 saturated carbocycles. The number of carbonyl (C=O) groups is 1. The second-order valence-electron chi connectivity index (χ2n) is 5.02. The maximum absolute atomic E-state index is 10.9. The molecular formula is C13H21NO2. The van der Waals surface area contributed by atoms with Crippen molar-refractivity contribution < 1.29 is 9.90 Å². The Labute approximate surface area is 97.1 Å². The molecule has 2 rings (SSSR count). The van der Waals surface area contributed by atoms with E-state index in [2.05, 4.69) is 4.90 Å². The molecule has 0 aliphatic heterocycles. The molecule has 0 aromatic carbocycles. The number of carboxylic acid groups (broad SMARTS) is 1. The summed E-state index contributed by atoms with van der Waals surface area (Å²) in [5.41, 5.74) is 0.557. The van der Waals surface area contributed by atoms with Gasteiger partial charge in [0.15, 0.2) is 0 Å². The fourth-order valence-electron chi connectivity index (χ4n) is 2.05. The first kappa shape index (κ1) is 11.6. The zero-order chi connectivity index (χ0) is 11.5. The van der Waals surface area contributed by atoms with Gasteiger partial charge in [-0.3, -0.25) is 4.90 Å². The van der Waals surface area contributed by atoms with Crippen LogP contribution in [0.5, 0.6) is 0 Å². The van der Waals surface area contributed by atoms with E-state index >= 15 is 0 Å². The normalized spacial score (nSPS) is 21.5. The summed E-state index contributed by atoms with van der Waals surface area (Å²) in [4.78, 5) is 13.3. The molecule has 0 aromatic heterocycles. The summed E-state index contributed by atoms with van der Waals surface area (Å²) in [5, 5.41) is 8.95. The molecular weight excluding hydrogens is 202 g/mol. The fraction of sp³-hybridized carbons (Fsp3) is 0.769. The van der Waals surface area contributed by atoms with Crippen LogP contribution in [0.2, 0.25) is 0 Å². The van der Waals surface area contributed by atoms with Crippen LogP contribution in [0.1, 0.15) is 39.0 Å². The van der Waals surface area contributed by atoms with Crippen LogP contribution >= 0.6 is 0 Å². The molecule has 2 fully saturated rings. The molecule has 0 atom stereocenters. The summed E-state index contributed by atoms with van der Waals surface area (Å²) in [5.74, 6) is 0.133. The molecule has 0 radical (unpaired) electrons. The van der Waals surface area contributed by atoms with Gasteiger partial charge in [-0.15, -0.1) is 0 Å². The minimum atomic E-state index is -0.760. The van der Waals surface area contributed by atoms with Crippen molar-refractivity contribution in [3.63, 3.8) is 0 Å². The Bertz CT molecular complexity index is 290. The fourth-order valence-corrected chi connectivity index (χ4v) is 2.05. The predicted octanol–water partition coefficient (Wildman–Crippen LogP) is 2.28. The van der Waals surface area contributed by atoms with Gasteiger partial charge in [-0.25, -0.2) is 4.79 Å². The van der Waals surface area contributed by atoms with Gasteiger partial charge in [-0.05, 0) is 38.0 Å². The second-order valence-corrected chi connectivity index (χ2v) is 5.02. The average Bonchev–Trinajstić information content (AvgIpc) is 3.10. The quantitative estimate of drug-likeness (QED) is 0.673. The van der Waals surface area contributed by atoms with Crippen molar-refractivity contribution >= 4 is 5.97 Å². The van der Waals surface area contributed by atoms with Gasteiger partial charge in [-0.2, -0.15) is 0 Å². The molecule has 0 amide bonds. The number of hydrogen-bond acceptors (Lipinski definition) is 2. The Morgan fingerprint density at radius 3 is 2.50 bits per heavy atom. The molecule has 0 spiro atoms. The lowest BCUT2D eigenvalue weighted by Gasteiger charge is -2.20. The summed E-state index contributed by atoms with van der Waals surface area (Å²) in [6, 6.07) is 0.740. The van der Waals surface area contributed by atoms with Gasteiger partial charge >= 0.3 is 5.97 Å². The number of rotatable bonds is 7. The molecule has 2 aliphatic rings. The van der Waals surface area contributed by atoms with Gasteiger partial charge in [0.1, 0.15) is 0 Å². The first-order chi connectivity index (χ1) is 7.70. The summed E-state index contributed by atoms with van der Waals surface area (Å²) in [6.07, 6.45) is 7.86. The Morgan fingerprint density at radius 2 is 2.06 bits per heavy atom. The summed E-state index contributed by atoms with van der Waals surface area (Å²) < 4.78 is 0. The van der Waals surface area contributed by atoms with E-state index in [-0.39, 0.29) is 0 Å². The van der Waals surface area contributed by atoms with Crippen molar-refractivity contribution in [1.29, 1.82) is 0 Å². The molecule has 0 bridgehead atoms. The van der Waals surface area contributed by atoms with Crippen molar-refractivity contribution in [2.24, 2.45) is 5.92 Å². The number of hydrogen-bond donors (Lipinski definition) is 1. The largest absolute Gasteiger partial charge is 0.478 e. The SMILES string of the molecule is CCC(=CCN(CC1CC1)C1CC1)C(=O)O. The van der Waals surface area contributed by atoms with E-state index in [1.807, 2.05) is 13.0 Å². The number of carboxylic acids is 1. The van der Waals surface area contributed by atoms with Gasteiger partial charge in [0.05, 0.1) is 0 Å².